The molecule has 1 aromatic carbocycles. The summed E-state index contributed by atoms with van der Waals surface area (Å²) in [7, 11) is 0. The highest BCUT2D eigenvalue weighted by Crippen LogP contribution is 2.15. The quantitative estimate of drug-likeness (QED) is 0.860. The van der Waals surface area contributed by atoms with E-state index in [0.29, 0.717) is 11.1 Å². The van der Waals surface area contributed by atoms with E-state index >= 15 is 0 Å². The molecule has 0 saturated heterocycles. The van der Waals surface area contributed by atoms with Gasteiger partial charge in [-0.25, -0.2) is 14.8 Å². The Bertz CT molecular complexity index is 698. The second-order valence-electron chi connectivity index (χ2n) is 5.21. The third kappa shape index (κ3) is 3.42. The first-order chi connectivity index (χ1) is 9.37. The zero-order valence-corrected chi connectivity index (χ0v) is 11.5. The minimum Gasteiger partial charge on any atom is -0.444 e. The first kappa shape index (κ1) is 13.7. The molecule has 0 unspecified atom stereocenters. The Morgan fingerprint density at radius 2 is 2.15 bits per heavy atom. The molecule has 0 saturated carbocycles. The summed E-state index contributed by atoms with van der Waals surface area (Å²) in [5.41, 5.74) is 0.599. The average Bonchev–Trinajstić information content (AvgIpc) is 2.35. The second-order valence-corrected chi connectivity index (χ2v) is 5.21. The van der Waals surface area contributed by atoms with Crippen molar-refractivity contribution in [2.45, 2.75) is 26.4 Å². The van der Waals surface area contributed by atoms with Crippen LogP contribution in [-0.2, 0) is 4.74 Å². The highest BCUT2D eigenvalue weighted by molar-refractivity contribution is 5.85. The highest BCUT2D eigenvalue weighted by Gasteiger charge is 2.17. The minimum atomic E-state index is -0.606. The maximum atomic E-state index is 11.6. The number of nitriles is 1. The van der Waals surface area contributed by atoms with Crippen LogP contribution in [-0.4, -0.2) is 21.7 Å². The predicted molar refractivity (Wildman–Crippen MR) is 74.1 cm³/mol. The maximum Gasteiger partial charge on any atom is 0.414 e. The number of hydrogen-bond acceptors (Lipinski definition) is 5. The molecule has 0 aliphatic rings. The van der Waals surface area contributed by atoms with Crippen LogP contribution in [0.3, 0.4) is 0 Å². The lowest BCUT2D eigenvalue weighted by atomic mass is 10.2. The van der Waals surface area contributed by atoms with Gasteiger partial charge in [0.2, 0.25) is 5.95 Å². The lowest BCUT2D eigenvalue weighted by Crippen LogP contribution is -2.27. The number of carbonyl (C=O) groups excluding carboxylic acids is 1. The highest BCUT2D eigenvalue weighted by atomic mass is 16.6. The van der Waals surface area contributed by atoms with Crippen molar-refractivity contribution in [3.8, 4) is 6.07 Å². The summed E-state index contributed by atoms with van der Waals surface area (Å²) in [5, 5.41) is 12.0. The van der Waals surface area contributed by atoms with Crippen LogP contribution in [0.15, 0.2) is 24.4 Å². The van der Waals surface area contributed by atoms with Crippen LogP contribution >= 0.6 is 0 Å². The first-order valence-corrected chi connectivity index (χ1v) is 6.04. The van der Waals surface area contributed by atoms with Crippen molar-refractivity contribution >= 4 is 22.9 Å². The van der Waals surface area contributed by atoms with Gasteiger partial charge in [-0.15, -0.1) is 0 Å². The summed E-state index contributed by atoms with van der Waals surface area (Å²) in [6.07, 6.45) is 0.945. The Balaban J connectivity index is 2.20. The topological polar surface area (TPSA) is 87.9 Å². The van der Waals surface area contributed by atoms with E-state index in [1.807, 2.05) is 6.07 Å². The number of hydrogen-bond donors (Lipinski definition) is 1. The largest absolute Gasteiger partial charge is 0.444 e. The van der Waals surface area contributed by atoms with Gasteiger partial charge in [0.15, 0.2) is 0 Å². The monoisotopic (exact) mass is 270 g/mol. The Morgan fingerprint density at radius 3 is 2.80 bits per heavy atom. The molecule has 1 aromatic heterocycles. The molecule has 102 valence electrons. The lowest BCUT2D eigenvalue weighted by molar-refractivity contribution is 0.0634. The number of fused-ring (bicyclic) bond motifs is 1. The number of nitrogens with one attached hydrogen (secondary N) is 1. The van der Waals surface area contributed by atoms with Crippen molar-refractivity contribution < 1.29 is 9.53 Å². The van der Waals surface area contributed by atoms with Crippen LogP contribution < -0.4 is 5.32 Å². The van der Waals surface area contributed by atoms with Gasteiger partial charge >= 0.3 is 6.09 Å². The van der Waals surface area contributed by atoms with Gasteiger partial charge in [0.1, 0.15) is 5.60 Å². The Labute approximate surface area is 116 Å². The van der Waals surface area contributed by atoms with Crippen LogP contribution in [0.5, 0.6) is 0 Å². The molecular weight excluding hydrogens is 256 g/mol. The van der Waals surface area contributed by atoms with Crippen molar-refractivity contribution in [1.29, 1.82) is 5.26 Å². The molecule has 2 aromatic rings. The smallest absolute Gasteiger partial charge is 0.414 e. The van der Waals surface area contributed by atoms with E-state index in [0.717, 1.165) is 5.39 Å². The summed E-state index contributed by atoms with van der Waals surface area (Å²) in [6.45, 7) is 5.33. The molecule has 0 spiro atoms. The van der Waals surface area contributed by atoms with E-state index in [-0.39, 0.29) is 5.95 Å². The Morgan fingerprint density at radius 1 is 1.40 bits per heavy atom. The molecule has 6 heteroatoms. The average molecular weight is 270 g/mol. The fourth-order valence-electron chi connectivity index (χ4n) is 1.56. The molecule has 0 atom stereocenters. The van der Waals surface area contributed by atoms with E-state index in [1.54, 1.807) is 45.2 Å². The number of benzene rings is 1. The number of carbonyl (C=O) groups is 1. The summed E-state index contributed by atoms with van der Waals surface area (Å²) >= 11 is 0. The van der Waals surface area contributed by atoms with Gasteiger partial charge in [0.25, 0.3) is 0 Å². The van der Waals surface area contributed by atoms with Crippen molar-refractivity contribution in [3.05, 3.63) is 30.0 Å². The molecule has 0 aliphatic carbocycles. The van der Waals surface area contributed by atoms with Gasteiger partial charge in [0.05, 0.1) is 17.1 Å². The summed E-state index contributed by atoms with van der Waals surface area (Å²) in [4.78, 5) is 19.8. The standard InChI is InChI=1S/C14H14N4O2/c1-14(2,3)20-13(19)18-12-16-8-10-6-9(7-15)4-5-11(10)17-12/h4-6,8H,1-3H3,(H,16,17,18,19). The first-order valence-electron chi connectivity index (χ1n) is 6.04. The second kappa shape index (κ2) is 5.13. The molecule has 2 rings (SSSR count). The summed E-state index contributed by atoms with van der Waals surface area (Å²) in [5.74, 6) is 0.163. The van der Waals surface area contributed by atoms with E-state index < -0.39 is 11.7 Å². The van der Waals surface area contributed by atoms with Crippen molar-refractivity contribution in [2.24, 2.45) is 0 Å². The van der Waals surface area contributed by atoms with Crippen molar-refractivity contribution in [1.82, 2.24) is 9.97 Å². The van der Waals surface area contributed by atoms with Gasteiger partial charge in [-0.2, -0.15) is 5.26 Å². The lowest BCUT2D eigenvalue weighted by Gasteiger charge is -2.19. The third-order valence-corrected chi connectivity index (χ3v) is 2.32. The molecule has 0 aliphatic heterocycles. The minimum absolute atomic E-state index is 0.163. The molecule has 6 nitrogen and oxygen atoms in total. The number of rotatable bonds is 1. The van der Waals surface area contributed by atoms with Crippen molar-refractivity contribution in [3.63, 3.8) is 0 Å². The zero-order valence-electron chi connectivity index (χ0n) is 11.5. The van der Waals surface area contributed by atoms with Crippen LogP contribution in [0.1, 0.15) is 26.3 Å². The molecule has 1 heterocycles. The van der Waals surface area contributed by atoms with Gasteiger partial charge in [-0.1, -0.05) is 0 Å². The third-order valence-electron chi connectivity index (χ3n) is 2.32. The SMILES string of the molecule is CC(C)(C)OC(=O)Nc1ncc2cc(C#N)ccc2n1. The number of anilines is 1. The molecule has 1 N–H and O–H groups in total. The van der Waals surface area contributed by atoms with E-state index in [9.17, 15) is 4.79 Å². The van der Waals surface area contributed by atoms with Gasteiger partial charge in [-0.3, -0.25) is 5.32 Å². The molecule has 1 amide bonds. The van der Waals surface area contributed by atoms with Crippen LogP contribution in [0.2, 0.25) is 0 Å². The fraction of sp³-hybridized carbons (Fsp3) is 0.286. The molecule has 0 bridgehead atoms. The summed E-state index contributed by atoms with van der Waals surface area (Å²) < 4.78 is 5.12. The zero-order chi connectivity index (χ0) is 14.8. The van der Waals surface area contributed by atoms with Crippen LogP contribution in [0, 0.1) is 11.3 Å². The van der Waals surface area contributed by atoms with Crippen LogP contribution in [0.4, 0.5) is 10.7 Å². The van der Waals surface area contributed by atoms with E-state index in [1.165, 1.54) is 0 Å². The molecule has 0 fully saturated rings. The van der Waals surface area contributed by atoms with E-state index in [4.69, 9.17) is 10.00 Å². The van der Waals surface area contributed by atoms with Gasteiger partial charge in [-0.05, 0) is 39.0 Å². The van der Waals surface area contributed by atoms with Gasteiger partial charge < -0.3 is 4.74 Å². The van der Waals surface area contributed by atoms with E-state index in [2.05, 4.69) is 15.3 Å². The number of ether oxygens (including phenoxy) is 1. The maximum absolute atomic E-state index is 11.6. The number of amides is 1. The Kier molecular flexibility index (Phi) is 3.53. The number of nitrogens with zero attached hydrogens (tertiary/aromatic N) is 3. The fourth-order valence-corrected chi connectivity index (χ4v) is 1.56. The Hall–Kier alpha value is -2.68. The molecular formula is C14H14N4O2. The molecule has 0 radical (unpaired) electrons. The van der Waals surface area contributed by atoms with Crippen molar-refractivity contribution in [2.75, 3.05) is 5.32 Å². The van der Waals surface area contributed by atoms with Crippen LogP contribution in [0.25, 0.3) is 10.9 Å². The number of aromatic nitrogens is 2. The summed E-state index contributed by atoms with van der Waals surface area (Å²) in [6, 6.07) is 7.10. The van der Waals surface area contributed by atoms with Gasteiger partial charge in [0, 0.05) is 11.6 Å². The normalized spacial score (nSPS) is 10.9. The molecule has 20 heavy (non-hydrogen) atoms. The predicted octanol–water partition coefficient (Wildman–Crippen LogP) is 2.85.